The van der Waals surface area contributed by atoms with Crippen molar-refractivity contribution in [2.75, 3.05) is 18.4 Å². The lowest BCUT2D eigenvalue weighted by Crippen LogP contribution is -2.29. The zero-order valence-corrected chi connectivity index (χ0v) is 16.5. The molecule has 148 valence electrons. The number of nitrogens with zero attached hydrogens (tertiary/aromatic N) is 2. The third-order valence-corrected chi connectivity index (χ3v) is 5.69. The lowest BCUT2D eigenvalue weighted by molar-refractivity contribution is -0.139. The largest absolute Gasteiger partial charge is 0.360 e. The van der Waals surface area contributed by atoms with Crippen molar-refractivity contribution in [2.24, 2.45) is 0 Å². The van der Waals surface area contributed by atoms with Gasteiger partial charge in [0.25, 0.3) is 5.91 Å². The molecule has 0 spiro atoms. The van der Waals surface area contributed by atoms with E-state index in [2.05, 4.69) is 15.6 Å². The number of nitrogens with one attached hydrogen (secondary N) is 2. The van der Waals surface area contributed by atoms with Gasteiger partial charge in [-0.05, 0) is 29.8 Å². The molecule has 1 aliphatic heterocycles. The molecule has 7 nitrogen and oxygen atoms in total. The molecule has 3 aromatic rings. The average Bonchev–Trinajstić information content (AvgIpc) is 3.29. The van der Waals surface area contributed by atoms with Gasteiger partial charge in [0.1, 0.15) is 0 Å². The van der Waals surface area contributed by atoms with E-state index in [0.717, 1.165) is 20.9 Å². The van der Waals surface area contributed by atoms with Crippen molar-refractivity contribution >= 4 is 44.4 Å². The topological polar surface area (TPSA) is 91.4 Å². The molecule has 1 fully saturated rings. The highest BCUT2D eigenvalue weighted by molar-refractivity contribution is 7.22. The normalized spacial score (nSPS) is 13.9. The van der Waals surface area contributed by atoms with Crippen molar-refractivity contribution in [3.63, 3.8) is 0 Å². The predicted octanol–water partition coefficient (Wildman–Crippen LogP) is 2.79. The number of amides is 3. The van der Waals surface area contributed by atoms with Crippen LogP contribution < -0.4 is 10.6 Å². The summed E-state index contributed by atoms with van der Waals surface area (Å²) in [7, 11) is 0. The van der Waals surface area contributed by atoms with Crippen LogP contribution in [0.15, 0.2) is 48.5 Å². The molecule has 8 heteroatoms. The minimum absolute atomic E-state index is 0.141. The standard InChI is InChI=1S/C21H20N4O3S/c26-18-9-10-19(27)25(18)13-14-5-7-15(8-6-14)20(28)22-11-12-23-21-24-16-3-1-2-4-17(16)29-21/h1-8H,9-13H2,(H,22,28)(H,23,24). The van der Waals surface area contributed by atoms with Gasteiger partial charge in [0.05, 0.1) is 16.8 Å². The summed E-state index contributed by atoms with van der Waals surface area (Å²) in [6.45, 7) is 1.29. The third kappa shape index (κ3) is 4.43. The SMILES string of the molecule is O=C(NCCNc1nc2ccccc2s1)c1ccc(CN2C(=O)CCC2=O)cc1. The van der Waals surface area contributed by atoms with Crippen molar-refractivity contribution < 1.29 is 14.4 Å². The van der Waals surface area contributed by atoms with E-state index in [-0.39, 0.29) is 37.1 Å². The Morgan fingerprint density at radius 2 is 1.72 bits per heavy atom. The lowest BCUT2D eigenvalue weighted by Gasteiger charge is -2.14. The first-order chi connectivity index (χ1) is 14.1. The molecule has 2 N–H and O–H groups in total. The van der Waals surface area contributed by atoms with Gasteiger partial charge in [-0.2, -0.15) is 0 Å². The van der Waals surface area contributed by atoms with Crippen LogP contribution in [0, 0.1) is 0 Å². The zero-order chi connectivity index (χ0) is 20.2. The van der Waals surface area contributed by atoms with Gasteiger partial charge in [-0.1, -0.05) is 35.6 Å². The summed E-state index contributed by atoms with van der Waals surface area (Å²) in [4.78, 5) is 41.4. The van der Waals surface area contributed by atoms with E-state index >= 15 is 0 Å². The van der Waals surface area contributed by atoms with Crippen LogP contribution in [0.1, 0.15) is 28.8 Å². The fourth-order valence-electron chi connectivity index (χ4n) is 3.14. The van der Waals surface area contributed by atoms with Gasteiger partial charge in [0.15, 0.2) is 5.13 Å². The summed E-state index contributed by atoms with van der Waals surface area (Å²) < 4.78 is 1.12. The lowest BCUT2D eigenvalue weighted by atomic mass is 10.1. The molecule has 4 rings (SSSR count). The summed E-state index contributed by atoms with van der Waals surface area (Å²) in [5, 5.41) is 6.92. The van der Waals surface area contributed by atoms with Gasteiger partial charge in [0.2, 0.25) is 11.8 Å². The Kier molecular flexibility index (Phi) is 5.53. The Morgan fingerprint density at radius 1 is 1.00 bits per heavy atom. The molecule has 0 bridgehead atoms. The van der Waals surface area contributed by atoms with Gasteiger partial charge in [-0.15, -0.1) is 0 Å². The number of anilines is 1. The summed E-state index contributed by atoms with van der Waals surface area (Å²) >= 11 is 1.58. The van der Waals surface area contributed by atoms with E-state index in [9.17, 15) is 14.4 Å². The maximum Gasteiger partial charge on any atom is 0.251 e. The minimum atomic E-state index is -0.170. The number of rotatable bonds is 7. The van der Waals surface area contributed by atoms with E-state index in [0.29, 0.717) is 18.7 Å². The summed E-state index contributed by atoms with van der Waals surface area (Å²) in [6.07, 6.45) is 0.564. The second-order valence-electron chi connectivity index (χ2n) is 6.74. The highest BCUT2D eigenvalue weighted by Crippen LogP contribution is 2.25. The molecule has 0 aliphatic carbocycles. The van der Waals surface area contributed by atoms with E-state index in [1.807, 2.05) is 24.3 Å². The second kappa shape index (κ2) is 8.40. The summed E-state index contributed by atoms with van der Waals surface area (Å²) in [5.41, 5.74) is 2.32. The molecule has 1 aromatic heterocycles. The van der Waals surface area contributed by atoms with Crippen molar-refractivity contribution in [2.45, 2.75) is 19.4 Å². The molecule has 2 heterocycles. The number of para-hydroxylation sites is 1. The Hall–Kier alpha value is -3.26. The molecule has 0 unspecified atom stereocenters. The maximum absolute atomic E-state index is 12.3. The fraction of sp³-hybridized carbons (Fsp3) is 0.238. The number of imide groups is 1. The van der Waals surface area contributed by atoms with E-state index < -0.39 is 0 Å². The smallest absolute Gasteiger partial charge is 0.251 e. The summed E-state index contributed by atoms with van der Waals surface area (Å²) in [5.74, 6) is -0.453. The number of fused-ring (bicyclic) bond motifs is 1. The fourth-order valence-corrected chi connectivity index (χ4v) is 4.03. The Morgan fingerprint density at radius 3 is 2.45 bits per heavy atom. The number of aromatic nitrogens is 1. The monoisotopic (exact) mass is 408 g/mol. The van der Waals surface area contributed by atoms with E-state index in [1.54, 1.807) is 35.6 Å². The Labute approximate surface area is 171 Å². The number of benzene rings is 2. The first-order valence-electron chi connectivity index (χ1n) is 9.40. The van der Waals surface area contributed by atoms with Crippen LogP contribution in [0.3, 0.4) is 0 Å². The number of carbonyl (C=O) groups excluding carboxylic acids is 3. The predicted molar refractivity (Wildman–Crippen MR) is 112 cm³/mol. The van der Waals surface area contributed by atoms with Crippen LogP contribution in [0.2, 0.25) is 0 Å². The molecule has 1 aliphatic rings. The molecular weight excluding hydrogens is 388 g/mol. The van der Waals surface area contributed by atoms with Crippen LogP contribution in [-0.4, -0.2) is 40.7 Å². The first-order valence-corrected chi connectivity index (χ1v) is 10.2. The molecule has 29 heavy (non-hydrogen) atoms. The molecule has 0 saturated carbocycles. The minimum Gasteiger partial charge on any atom is -0.360 e. The molecule has 2 aromatic carbocycles. The van der Waals surface area contributed by atoms with Gasteiger partial charge in [0, 0.05) is 31.5 Å². The number of carbonyl (C=O) groups is 3. The maximum atomic E-state index is 12.3. The number of likely N-dealkylation sites (tertiary alicyclic amines) is 1. The van der Waals surface area contributed by atoms with Crippen LogP contribution in [0.25, 0.3) is 10.2 Å². The number of hydrogen-bond donors (Lipinski definition) is 2. The molecule has 0 atom stereocenters. The van der Waals surface area contributed by atoms with Crippen LogP contribution in [0.4, 0.5) is 5.13 Å². The van der Waals surface area contributed by atoms with E-state index in [1.165, 1.54) is 4.90 Å². The molecule has 1 saturated heterocycles. The van der Waals surface area contributed by atoms with Crippen LogP contribution in [0.5, 0.6) is 0 Å². The Balaban J connectivity index is 1.25. The highest BCUT2D eigenvalue weighted by atomic mass is 32.1. The third-order valence-electron chi connectivity index (χ3n) is 4.69. The van der Waals surface area contributed by atoms with Crippen LogP contribution >= 0.6 is 11.3 Å². The van der Waals surface area contributed by atoms with Crippen molar-refractivity contribution in [3.8, 4) is 0 Å². The second-order valence-corrected chi connectivity index (χ2v) is 7.77. The molecule has 3 amide bonds. The van der Waals surface area contributed by atoms with Gasteiger partial charge in [-0.25, -0.2) is 4.98 Å². The Bertz CT molecular complexity index is 1010. The zero-order valence-electron chi connectivity index (χ0n) is 15.7. The van der Waals surface area contributed by atoms with E-state index in [4.69, 9.17) is 0 Å². The highest BCUT2D eigenvalue weighted by Gasteiger charge is 2.28. The quantitative estimate of drug-likeness (QED) is 0.463. The van der Waals surface area contributed by atoms with Crippen molar-refractivity contribution in [1.82, 2.24) is 15.2 Å². The van der Waals surface area contributed by atoms with Gasteiger partial charge in [-0.3, -0.25) is 19.3 Å². The first kappa shape index (κ1) is 19.1. The number of hydrogen-bond acceptors (Lipinski definition) is 6. The summed E-state index contributed by atoms with van der Waals surface area (Å²) in [6, 6.07) is 14.9. The molecule has 0 radical (unpaired) electrons. The molecular formula is C21H20N4O3S. The number of thiazole rings is 1. The van der Waals surface area contributed by atoms with Crippen molar-refractivity contribution in [3.05, 3.63) is 59.7 Å². The van der Waals surface area contributed by atoms with Crippen molar-refractivity contribution in [1.29, 1.82) is 0 Å². The van der Waals surface area contributed by atoms with Gasteiger partial charge >= 0.3 is 0 Å². The van der Waals surface area contributed by atoms with Gasteiger partial charge < -0.3 is 10.6 Å². The average molecular weight is 408 g/mol. The van der Waals surface area contributed by atoms with Crippen LogP contribution in [-0.2, 0) is 16.1 Å².